The minimum absolute atomic E-state index is 0.0277. The summed E-state index contributed by atoms with van der Waals surface area (Å²) in [6.07, 6.45) is 0. The molecule has 1 heterocycles. The van der Waals surface area contributed by atoms with Gasteiger partial charge in [0.1, 0.15) is 5.56 Å². The number of piperazine rings is 1. The highest BCUT2D eigenvalue weighted by Gasteiger charge is 2.29. The van der Waals surface area contributed by atoms with E-state index in [1.54, 1.807) is 4.90 Å². The molecule has 1 amide bonds. The fourth-order valence-corrected chi connectivity index (χ4v) is 3.01. The maximum atomic E-state index is 12.8. The fraction of sp³-hybridized carbons (Fsp3) is 0.588. The number of hydrogen-bond acceptors (Lipinski definition) is 6. The van der Waals surface area contributed by atoms with E-state index in [0.29, 0.717) is 24.8 Å². The van der Waals surface area contributed by atoms with Gasteiger partial charge in [-0.3, -0.25) is 19.8 Å². The van der Waals surface area contributed by atoms with Crippen LogP contribution in [0.15, 0.2) is 12.1 Å². The summed E-state index contributed by atoms with van der Waals surface area (Å²) in [6, 6.07) is 2.63. The molecule has 25 heavy (non-hydrogen) atoms. The first-order chi connectivity index (χ1) is 11.9. The van der Waals surface area contributed by atoms with Gasteiger partial charge in [-0.05, 0) is 5.92 Å². The van der Waals surface area contributed by atoms with Gasteiger partial charge in [-0.15, -0.1) is 0 Å². The van der Waals surface area contributed by atoms with E-state index >= 15 is 0 Å². The number of methoxy groups -OCH3 is 2. The van der Waals surface area contributed by atoms with E-state index in [9.17, 15) is 14.9 Å². The number of rotatable bonds is 6. The van der Waals surface area contributed by atoms with Crippen LogP contribution in [0.5, 0.6) is 11.5 Å². The molecule has 1 aliphatic rings. The van der Waals surface area contributed by atoms with E-state index < -0.39 is 4.92 Å². The minimum atomic E-state index is -0.565. The lowest BCUT2D eigenvalue weighted by molar-refractivity contribution is -0.385. The van der Waals surface area contributed by atoms with Crippen molar-refractivity contribution in [3.05, 3.63) is 27.8 Å². The first-order valence-corrected chi connectivity index (χ1v) is 8.29. The van der Waals surface area contributed by atoms with Crippen LogP contribution in [-0.4, -0.2) is 67.6 Å². The molecule has 0 aromatic heterocycles. The summed E-state index contributed by atoms with van der Waals surface area (Å²) in [7, 11) is 2.83. The monoisotopic (exact) mass is 351 g/mol. The molecule has 8 heteroatoms. The summed E-state index contributed by atoms with van der Waals surface area (Å²) in [5, 5.41) is 11.4. The molecule has 1 fully saturated rings. The Morgan fingerprint density at radius 2 is 1.72 bits per heavy atom. The number of benzene rings is 1. The van der Waals surface area contributed by atoms with Crippen LogP contribution >= 0.6 is 0 Å². The van der Waals surface area contributed by atoms with E-state index in [4.69, 9.17) is 9.47 Å². The number of nitro groups is 1. The van der Waals surface area contributed by atoms with Crippen molar-refractivity contribution in [3.63, 3.8) is 0 Å². The van der Waals surface area contributed by atoms with Crippen LogP contribution in [0.4, 0.5) is 5.69 Å². The van der Waals surface area contributed by atoms with Crippen LogP contribution in [-0.2, 0) is 0 Å². The van der Waals surface area contributed by atoms with Crippen molar-refractivity contribution >= 4 is 11.6 Å². The molecule has 0 aliphatic carbocycles. The van der Waals surface area contributed by atoms with Crippen molar-refractivity contribution in [3.8, 4) is 11.5 Å². The molecule has 0 bridgehead atoms. The third kappa shape index (κ3) is 4.39. The topological polar surface area (TPSA) is 85.2 Å². The van der Waals surface area contributed by atoms with E-state index in [0.717, 1.165) is 19.6 Å². The van der Waals surface area contributed by atoms with Gasteiger partial charge in [0.15, 0.2) is 11.5 Å². The molecular formula is C17H25N3O5. The number of nitrogens with zero attached hydrogens (tertiary/aromatic N) is 3. The molecule has 0 atom stereocenters. The molecule has 0 radical (unpaired) electrons. The second-order valence-corrected chi connectivity index (χ2v) is 6.47. The third-order valence-corrected chi connectivity index (χ3v) is 4.21. The molecule has 8 nitrogen and oxygen atoms in total. The first-order valence-electron chi connectivity index (χ1n) is 8.29. The molecule has 1 aromatic carbocycles. The summed E-state index contributed by atoms with van der Waals surface area (Å²) < 4.78 is 10.3. The zero-order valence-electron chi connectivity index (χ0n) is 15.2. The number of amides is 1. The van der Waals surface area contributed by atoms with Gasteiger partial charge in [0.2, 0.25) is 0 Å². The van der Waals surface area contributed by atoms with Crippen LogP contribution in [0.2, 0.25) is 0 Å². The normalized spacial score (nSPS) is 15.3. The van der Waals surface area contributed by atoms with Gasteiger partial charge < -0.3 is 14.4 Å². The lowest BCUT2D eigenvalue weighted by atomic mass is 10.1. The summed E-state index contributed by atoms with van der Waals surface area (Å²) in [5.74, 6) is 0.744. The van der Waals surface area contributed by atoms with Gasteiger partial charge >= 0.3 is 0 Å². The van der Waals surface area contributed by atoms with E-state index in [2.05, 4.69) is 18.7 Å². The average molecular weight is 351 g/mol. The van der Waals surface area contributed by atoms with E-state index in [-0.39, 0.29) is 22.9 Å². The Bertz CT molecular complexity index is 639. The first kappa shape index (κ1) is 19.0. The van der Waals surface area contributed by atoms with Crippen molar-refractivity contribution in [2.75, 3.05) is 46.9 Å². The maximum absolute atomic E-state index is 12.8. The summed E-state index contributed by atoms with van der Waals surface area (Å²) in [4.78, 5) is 27.6. The van der Waals surface area contributed by atoms with Crippen LogP contribution in [0.25, 0.3) is 0 Å². The molecule has 2 rings (SSSR count). The molecule has 0 unspecified atom stereocenters. The Morgan fingerprint density at radius 1 is 1.16 bits per heavy atom. The Morgan fingerprint density at radius 3 is 2.20 bits per heavy atom. The van der Waals surface area contributed by atoms with E-state index in [1.165, 1.54) is 26.4 Å². The Labute approximate surface area is 147 Å². The minimum Gasteiger partial charge on any atom is -0.493 e. The highest BCUT2D eigenvalue weighted by Crippen LogP contribution is 2.35. The van der Waals surface area contributed by atoms with Crippen molar-refractivity contribution in [2.24, 2.45) is 5.92 Å². The quantitative estimate of drug-likeness (QED) is 0.576. The molecule has 1 aromatic rings. The molecular weight excluding hydrogens is 326 g/mol. The lowest BCUT2D eigenvalue weighted by Gasteiger charge is -2.35. The van der Waals surface area contributed by atoms with Crippen LogP contribution in [0, 0.1) is 16.0 Å². The van der Waals surface area contributed by atoms with Crippen LogP contribution in [0.1, 0.15) is 24.2 Å². The van der Waals surface area contributed by atoms with Crippen molar-refractivity contribution in [1.29, 1.82) is 0 Å². The largest absolute Gasteiger partial charge is 0.493 e. The van der Waals surface area contributed by atoms with Crippen molar-refractivity contribution in [1.82, 2.24) is 9.80 Å². The Balaban J connectivity index is 2.23. The number of carbonyl (C=O) groups excluding carboxylic acids is 1. The molecule has 138 valence electrons. The number of nitro benzene ring substituents is 1. The van der Waals surface area contributed by atoms with Gasteiger partial charge in [-0.25, -0.2) is 0 Å². The van der Waals surface area contributed by atoms with Gasteiger partial charge in [0, 0.05) is 38.8 Å². The maximum Gasteiger partial charge on any atom is 0.286 e. The van der Waals surface area contributed by atoms with Crippen LogP contribution < -0.4 is 9.47 Å². The molecule has 1 aliphatic heterocycles. The zero-order valence-corrected chi connectivity index (χ0v) is 15.2. The Hall–Kier alpha value is -2.35. The SMILES string of the molecule is COc1cc(C(=O)N2CCN(CC(C)C)CC2)c([N+](=O)[O-])cc1OC. The Kier molecular flexibility index (Phi) is 6.19. The predicted molar refractivity (Wildman–Crippen MR) is 93.4 cm³/mol. The van der Waals surface area contributed by atoms with Crippen molar-refractivity contribution < 1.29 is 19.2 Å². The highest BCUT2D eigenvalue weighted by molar-refractivity contribution is 5.99. The van der Waals surface area contributed by atoms with Crippen LogP contribution in [0.3, 0.4) is 0 Å². The molecule has 0 saturated carbocycles. The molecule has 0 spiro atoms. The highest BCUT2D eigenvalue weighted by atomic mass is 16.6. The van der Waals surface area contributed by atoms with Gasteiger partial charge in [-0.1, -0.05) is 13.8 Å². The number of carbonyl (C=O) groups is 1. The zero-order chi connectivity index (χ0) is 18.6. The second-order valence-electron chi connectivity index (χ2n) is 6.47. The number of hydrogen-bond donors (Lipinski definition) is 0. The summed E-state index contributed by atoms with van der Waals surface area (Å²) in [5.41, 5.74) is -0.243. The van der Waals surface area contributed by atoms with Crippen molar-refractivity contribution in [2.45, 2.75) is 13.8 Å². The lowest BCUT2D eigenvalue weighted by Crippen LogP contribution is -2.49. The van der Waals surface area contributed by atoms with E-state index in [1.807, 2.05) is 0 Å². The smallest absolute Gasteiger partial charge is 0.286 e. The standard InChI is InChI=1S/C17H25N3O5/c1-12(2)11-18-5-7-19(8-6-18)17(21)13-9-15(24-3)16(25-4)10-14(13)20(22)23/h9-10,12H,5-8,11H2,1-4H3. The third-order valence-electron chi connectivity index (χ3n) is 4.21. The average Bonchev–Trinajstić information content (AvgIpc) is 2.59. The van der Waals surface area contributed by atoms with Gasteiger partial charge in [0.05, 0.1) is 25.2 Å². The second kappa shape index (κ2) is 8.15. The predicted octanol–water partition coefficient (Wildman–Crippen LogP) is 2.03. The van der Waals surface area contributed by atoms with Gasteiger partial charge in [0.25, 0.3) is 11.6 Å². The molecule has 1 saturated heterocycles. The molecule has 0 N–H and O–H groups in total. The summed E-state index contributed by atoms with van der Waals surface area (Å²) >= 11 is 0. The summed E-state index contributed by atoms with van der Waals surface area (Å²) in [6.45, 7) is 7.94. The van der Waals surface area contributed by atoms with Gasteiger partial charge in [-0.2, -0.15) is 0 Å². The fourth-order valence-electron chi connectivity index (χ4n) is 3.01. The number of ether oxygens (including phenoxy) is 2.